The van der Waals surface area contributed by atoms with Gasteiger partial charge in [-0.1, -0.05) is 17.7 Å². The maximum atomic E-state index is 11.5. The van der Waals surface area contributed by atoms with Gasteiger partial charge in [-0.3, -0.25) is 0 Å². The molecule has 0 radical (unpaired) electrons. The number of hydrogen-bond acceptors (Lipinski definition) is 6. The van der Waals surface area contributed by atoms with Crippen molar-refractivity contribution in [2.24, 2.45) is 0 Å². The van der Waals surface area contributed by atoms with Gasteiger partial charge in [0.15, 0.2) is 6.10 Å². The van der Waals surface area contributed by atoms with E-state index in [1.807, 2.05) is 54.8 Å². The maximum absolute atomic E-state index is 11.5. The summed E-state index contributed by atoms with van der Waals surface area (Å²) < 4.78 is 18.3. The largest absolute Gasteiger partial charge is 0.492 e. The highest BCUT2D eigenvalue weighted by Crippen LogP contribution is 2.34. The lowest BCUT2D eigenvalue weighted by atomic mass is 10.0. The van der Waals surface area contributed by atoms with E-state index in [9.17, 15) is 9.90 Å². The van der Waals surface area contributed by atoms with E-state index < -0.39 is 12.1 Å². The highest BCUT2D eigenvalue weighted by Gasteiger charge is 2.20. The van der Waals surface area contributed by atoms with Gasteiger partial charge in [0.05, 0.1) is 17.0 Å². The summed E-state index contributed by atoms with van der Waals surface area (Å²) in [6.45, 7) is 4.48. The Balaban J connectivity index is 1.45. The number of aliphatic carboxylic acids is 1. The molecule has 0 saturated heterocycles. The molecule has 0 fully saturated rings. The van der Waals surface area contributed by atoms with Crippen LogP contribution < -0.4 is 4.74 Å². The van der Waals surface area contributed by atoms with Crippen LogP contribution in [0.25, 0.3) is 21.5 Å². The van der Waals surface area contributed by atoms with Crippen molar-refractivity contribution < 1.29 is 23.8 Å². The molecule has 0 aliphatic carbocycles. The van der Waals surface area contributed by atoms with E-state index in [1.54, 1.807) is 18.3 Å². The van der Waals surface area contributed by atoms with Crippen LogP contribution in [-0.4, -0.2) is 35.4 Å². The SMILES string of the molecule is CCOC(Cc1ccc(OCCc2nc(-c3ccc(Cl)cc3)oc2C)c2sccc12)C(=O)O. The van der Waals surface area contributed by atoms with E-state index >= 15 is 0 Å². The number of hydrogen-bond donors (Lipinski definition) is 1. The first-order valence-corrected chi connectivity index (χ1v) is 11.9. The third kappa shape index (κ3) is 5.38. The van der Waals surface area contributed by atoms with Crippen LogP contribution in [0, 0.1) is 6.92 Å². The second-order valence-corrected chi connectivity index (χ2v) is 8.85. The van der Waals surface area contributed by atoms with Crippen LogP contribution in [0.3, 0.4) is 0 Å². The lowest BCUT2D eigenvalue weighted by Crippen LogP contribution is -2.26. The fraction of sp³-hybridized carbons (Fsp3) is 0.280. The molecule has 1 atom stereocenters. The van der Waals surface area contributed by atoms with Crippen LogP contribution >= 0.6 is 22.9 Å². The fourth-order valence-corrected chi connectivity index (χ4v) is 4.67. The van der Waals surface area contributed by atoms with Crippen molar-refractivity contribution >= 4 is 39.0 Å². The Bertz CT molecular complexity index is 1250. The van der Waals surface area contributed by atoms with Gasteiger partial charge >= 0.3 is 5.97 Å². The van der Waals surface area contributed by atoms with Crippen molar-refractivity contribution in [1.29, 1.82) is 0 Å². The fourth-order valence-electron chi connectivity index (χ4n) is 3.64. The number of aromatic nitrogens is 1. The smallest absolute Gasteiger partial charge is 0.333 e. The number of rotatable bonds is 10. The molecule has 0 aliphatic heterocycles. The van der Waals surface area contributed by atoms with Crippen LogP contribution in [0.2, 0.25) is 5.02 Å². The second-order valence-electron chi connectivity index (χ2n) is 7.50. The van der Waals surface area contributed by atoms with Crippen LogP contribution in [0.4, 0.5) is 0 Å². The van der Waals surface area contributed by atoms with Crippen molar-refractivity contribution in [1.82, 2.24) is 4.98 Å². The van der Waals surface area contributed by atoms with Gasteiger partial charge in [0.1, 0.15) is 11.5 Å². The van der Waals surface area contributed by atoms with Gasteiger partial charge in [-0.25, -0.2) is 9.78 Å². The topological polar surface area (TPSA) is 81.8 Å². The number of aryl methyl sites for hydroxylation is 1. The van der Waals surface area contributed by atoms with Crippen molar-refractivity contribution in [2.45, 2.75) is 32.8 Å². The minimum atomic E-state index is -0.957. The molecule has 172 valence electrons. The Hall–Kier alpha value is -2.87. The van der Waals surface area contributed by atoms with E-state index in [4.69, 9.17) is 25.5 Å². The number of nitrogens with zero attached hydrogens (tertiary/aromatic N) is 1. The Kier molecular flexibility index (Phi) is 7.33. The molecule has 0 saturated carbocycles. The second kappa shape index (κ2) is 10.4. The van der Waals surface area contributed by atoms with Crippen molar-refractivity contribution in [2.75, 3.05) is 13.2 Å². The highest BCUT2D eigenvalue weighted by atomic mass is 35.5. The first-order valence-electron chi connectivity index (χ1n) is 10.6. The zero-order valence-corrected chi connectivity index (χ0v) is 19.9. The van der Waals surface area contributed by atoms with Gasteiger partial charge in [0, 0.05) is 30.0 Å². The predicted molar refractivity (Wildman–Crippen MR) is 129 cm³/mol. The molecule has 1 N–H and O–H groups in total. The van der Waals surface area contributed by atoms with Gasteiger partial charge in [0.2, 0.25) is 5.89 Å². The summed E-state index contributed by atoms with van der Waals surface area (Å²) >= 11 is 7.53. The van der Waals surface area contributed by atoms with E-state index in [2.05, 4.69) is 4.98 Å². The molecule has 1 unspecified atom stereocenters. The molecule has 2 aromatic heterocycles. The summed E-state index contributed by atoms with van der Waals surface area (Å²) in [6.07, 6.45) is 0.0421. The molecule has 4 aromatic rings. The summed E-state index contributed by atoms with van der Waals surface area (Å²) in [5.74, 6) is 1.13. The van der Waals surface area contributed by atoms with E-state index in [0.29, 0.717) is 37.0 Å². The molecule has 8 heteroatoms. The molecule has 2 aromatic carbocycles. The van der Waals surface area contributed by atoms with Crippen LogP contribution in [-0.2, 0) is 22.4 Å². The average molecular weight is 486 g/mol. The number of ether oxygens (including phenoxy) is 2. The van der Waals surface area contributed by atoms with Crippen molar-refractivity contribution in [3.8, 4) is 17.2 Å². The summed E-state index contributed by atoms with van der Waals surface area (Å²) in [5, 5.41) is 13.1. The third-order valence-electron chi connectivity index (χ3n) is 5.30. The lowest BCUT2D eigenvalue weighted by molar-refractivity contribution is -0.149. The van der Waals surface area contributed by atoms with Gasteiger partial charge in [0.25, 0.3) is 0 Å². The minimum Gasteiger partial charge on any atom is -0.492 e. The number of oxazole rings is 1. The molecule has 6 nitrogen and oxygen atoms in total. The van der Waals surface area contributed by atoms with Crippen LogP contribution in [0.5, 0.6) is 5.75 Å². The zero-order valence-electron chi connectivity index (χ0n) is 18.3. The minimum absolute atomic E-state index is 0.308. The number of thiophene rings is 1. The lowest BCUT2D eigenvalue weighted by Gasteiger charge is -2.14. The molecular formula is C25H24ClNO5S. The third-order valence-corrected chi connectivity index (χ3v) is 6.48. The van der Waals surface area contributed by atoms with E-state index in [0.717, 1.165) is 38.4 Å². The molecule has 0 aliphatic rings. The number of benzene rings is 2. The Morgan fingerprint density at radius 3 is 2.73 bits per heavy atom. The molecule has 4 rings (SSSR count). The maximum Gasteiger partial charge on any atom is 0.333 e. The van der Waals surface area contributed by atoms with Crippen LogP contribution in [0.1, 0.15) is 23.9 Å². The molecule has 2 heterocycles. The summed E-state index contributed by atoms with van der Waals surface area (Å²) in [4.78, 5) is 16.1. The Labute approximate surface area is 200 Å². The first-order chi connectivity index (χ1) is 16.0. The molecular weight excluding hydrogens is 462 g/mol. The number of fused-ring (bicyclic) bond motifs is 1. The van der Waals surface area contributed by atoms with Gasteiger partial charge in [-0.2, -0.15) is 0 Å². The summed E-state index contributed by atoms with van der Waals surface area (Å²) in [6, 6.07) is 13.2. The van der Waals surface area contributed by atoms with Crippen LogP contribution in [0.15, 0.2) is 52.3 Å². The summed E-state index contributed by atoms with van der Waals surface area (Å²) in [7, 11) is 0. The number of carboxylic acids is 1. The number of halogens is 1. The Morgan fingerprint density at radius 1 is 1.21 bits per heavy atom. The number of carboxylic acid groups (broad SMARTS) is 1. The van der Waals surface area contributed by atoms with E-state index in [-0.39, 0.29) is 0 Å². The summed E-state index contributed by atoms with van der Waals surface area (Å²) in [5.41, 5.74) is 2.65. The molecule has 33 heavy (non-hydrogen) atoms. The number of carbonyl (C=O) groups is 1. The molecule has 0 spiro atoms. The Morgan fingerprint density at radius 2 is 2.00 bits per heavy atom. The molecule has 0 amide bonds. The van der Waals surface area contributed by atoms with Crippen molar-refractivity contribution in [3.05, 3.63) is 69.9 Å². The highest BCUT2D eigenvalue weighted by molar-refractivity contribution is 7.17. The average Bonchev–Trinajstić information content (AvgIpc) is 3.43. The normalized spacial score (nSPS) is 12.2. The van der Waals surface area contributed by atoms with Gasteiger partial charge < -0.3 is 19.0 Å². The van der Waals surface area contributed by atoms with Gasteiger partial charge in [-0.15, -0.1) is 11.3 Å². The van der Waals surface area contributed by atoms with E-state index in [1.165, 1.54) is 0 Å². The standard InChI is InChI=1S/C25H24ClNO5S/c1-3-30-22(25(28)29)14-17-6-9-21(23-19(17)11-13-33-23)31-12-10-20-15(2)32-24(27-20)16-4-7-18(26)8-5-16/h4-9,11,13,22H,3,10,12,14H2,1-2H3,(H,28,29). The molecule has 0 bridgehead atoms. The van der Waals surface area contributed by atoms with Crippen molar-refractivity contribution in [3.63, 3.8) is 0 Å². The first kappa shape index (κ1) is 23.3. The van der Waals surface area contributed by atoms with Gasteiger partial charge in [-0.05, 0) is 66.6 Å². The predicted octanol–water partition coefficient (Wildman–Crippen LogP) is 6.17. The zero-order chi connectivity index (χ0) is 23.4. The monoisotopic (exact) mass is 485 g/mol. The quantitative estimate of drug-likeness (QED) is 0.289.